The van der Waals surface area contributed by atoms with Crippen LogP contribution in [0, 0.1) is 0 Å². The van der Waals surface area contributed by atoms with Crippen LogP contribution < -0.4 is 5.73 Å². The molecule has 15 heavy (non-hydrogen) atoms. The SMILES string of the molecule is Nc1ccc2oc3ccccc3c2c1Cl. The van der Waals surface area contributed by atoms with Crippen LogP contribution in [0.1, 0.15) is 0 Å². The highest BCUT2D eigenvalue weighted by atomic mass is 35.5. The Morgan fingerprint density at radius 3 is 2.67 bits per heavy atom. The Kier molecular flexibility index (Phi) is 1.67. The van der Waals surface area contributed by atoms with Crippen LogP contribution in [0.25, 0.3) is 21.9 Å². The zero-order valence-electron chi connectivity index (χ0n) is 7.83. The lowest BCUT2D eigenvalue weighted by Gasteiger charge is -1.97. The van der Waals surface area contributed by atoms with Gasteiger partial charge >= 0.3 is 0 Å². The minimum atomic E-state index is 0.567. The Bertz CT molecular complexity index is 657. The van der Waals surface area contributed by atoms with Crippen molar-refractivity contribution in [3.05, 3.63) is 41.4 Å². The van der Waals surface area contributed by atoms with Gasteiger partial charge in [0.25, 0.3) is 0 Å². The summed E-state index contributed by atoms with van der Waals surface area (Å²) in [6.07, 6.45) is 0. The van der Waals surface area contributed by atoms with Crippen LogP contribution in [0.2, 0.25) is 5.02 Å². The summed E-state index contributed by atoms with van der Waals surface area (Å²) < 4.78 is 5.65. The van der Waals surface area contributed by atoms with Crippen LogP contribution in [0.3, 0.4) is 0 Å². The Hall–Kier alpha value is -1.67. The van der Waals surface area contributed by atoms with Gasteiger partial charge in [-0.3, -0.25) is 0 Å². The summed E-state index contributed by atoms with van der Waals surface area (Å²) in [5, 5.41) is 2.47. The second kappa shape index (κ2) is 2.91. The van der Waals surface area contributed by atoms with Crippen molar-refractivity contribution in [1.82, 2.24) is 0 Å². The molecule has 0 fully saturated rings. The number of halogens is 1. The van der Waals surface area contributed by atoms with Gasteiger partial charge in [0.15, 0.2) is 0 Å². The molecule has 0 aliphatic rings. The van der Waals surface area contributed by atoms with Crippen molar-refractivity contribution in [1.29, 1.82) is 0 Å². The highest BCUT2D eigenvalue weighted by molar-refractivity contribution is 6.40. The third kappa shape index (κ3) is 1.12. The molecule has 2 N–H and O–H groups in total. The molecule has 1 aromatic heterocycles. The predicted molar refractivity (Wildman–Crippen MR) is 63.1 cm³/mol. The molecule has 74 valence electrons. The van der Waals surface area contributed by atoms with E-state index in [1.54, 1.807) is 6.07 Å². The number of nitrogen functional groups attached to an aromatic ring is 1. The van der Waals surface area contributed by atoms with Crippen LogP contribution in [0.15, 0.2) is 40.8 Å². The van der Waals surface area contributed by atoms with Crippen molar-refractivity contribution < 1.29 is 4.42 Å². The van der Waals surface area contributed by atoms with Gasteiger partial charge < -0.3 is 10.2 Å². The van der Waals surface area contributed by atoms with Crippen molar-refractivity contribution >= 4 is 39.2 Å². The van der Waals surface area contributed by atoms with Crippen molar-refractivity contribution in [3.8, 4) is 0 Å². The standard InChI is InChI=1S/C12H8ClNO/c13-12-8(14)5-6-10-11(12)7-3-1-2-4-9(7)15-10/h1-6H,14H2. The molecule has 0 atom stereocenters. The quantitative estimate of drug-likeness (QED) is 0.582. The first-order valence-electron chi connectivity index (χ1n) is 4.62. The number of furan rings is 1. The second-order valence-corrected chi connectivity index (χ2v) is 3.82. The first kappa shape index (κ1) is 8.62. The fraction of sp³-hybridized carbons (Fsp3) is 0. The molecule has 2 aromatic carbocycles. The molecular formula is C12H8ClNO. The molecule has 3 heteroatoms. The van der Waals surface area contributed by atoms with E-state index in [1.807, 2.05) is 30.3 Å². The molecule has 0 saturated heterocycles. The van der Waals surface area contributed by atoms with Gasteiger partial charge in [0, 0.05) is 10.8 Å². The molecule has 2 nitrogen and oxygen atoms in total. The van der Waals surface area contributed by atoms with E-state index in [2.05, 4.69) is 0 Å². The summed E-state index contributed by atoms with van der Waals surface area (Å²) in [4.78, 5) is 0. The molecule has 3 rings (SSSR count). The maximum absolute atomic E-state index is 6.16. The lowest BCUT2D eigenvalue weighted by atomic mass is 10.1. The molecule has 0 radical (unpaired) electrons. The van der Waals surface area contributed by atoms with Crippen LogP contribution in [-0.4, -0.2) is 0 Å². The molecule has 0 bridgehead atoms. The van der Waals surface area contributed by atoms with E-state index in [4.69, 9.17) is 21.8 Å². The number of fused-ring (bicyclic) bond motifs is 3. The van der Waals surface area contributed by atoms with E-state index in [0.29, 0.717) is 10.7 Å². The summed E-state index contributed by atoms with van der Waals surface area (Å²) in [7, 11) is 0. The number of benzene rings is 2. The number of hydrogen-bond acceptors (Lipinski definition) is 2. The lowest BCUT2D eigenvalue weighted by molar-refractivity contribution is 0.669. The Morgan fingerprint density at radius 2 is 1.80 bits per heavy atom. The van der Waals surface area contributed by atoms with Crippen LogP contribution in [-0.2, 0) is 0 Å². The monoisotopic (exact) mass is 217 g/mol. The Labute approximate surface area is 91.2 Å². The van der Waals surface area contributed by atoms with E-state index in [9.17, 15) is 0 Å². The highest BCUT2D eigenvalue weighted by Gasteiger charge is 2.11. The molecule has 0 aliphatic heterocycles. The minimum Gasteiger partial charge on any atom is -0.456 e. The summed E-state index contributed by atoms with van der Waals surface area (Å²) in [5.74, 6) is 0. The second-order valence-electron chi connectivity index (χ2n) is 3.44. The highest BCUT2D eigenvalue weighted by Crippen LogP contribution is 2.36. The first-order valence-corrected chi connectivity index (χ1v) is 5.00. The number of anilines is 1. The van der Waals surface area contributed by atoms with Gasteiger partial charge in [-0.05, 0) is 18.2 Å². The van der Waals surface area contributed by atoms with Gasteiger partial charge in [0.1, 0.15) is 11.2 Å². The van der Waals surface area contributed by atoms with Gasteiger partial charge in [0.2, 0.25) is 0 Å². The summed E-state index contributed by atoms with van der Waals surface area (Å²) in [6.45, 7) is 0. The molecule has 0 spiro atoms. The minimum absolute atomic E-state index is 0.567. The molecular weight excluding hydrogens is 210 g/mol. The zero-order valence-corrected chi connectivity index (χ0v) is 8.58. The Balaban J connectivity index is 2.63. The fourth-order valence-corrected chi connectivity index (χ4v) is 2.05. The van der Waals surface area contributed by atoms with E-state index in [1.165, 1.54) is 0 Å². The third-order valence-corrected chi connectivity index (χ3v) is 2.92. The molecule has 0 aliphatic carbocycles. The summed E-state index contributed by atoms with van der Waals surface area (Å²) in [5.41, 5.74) is 7.95. The predicted octanol–water partition coefficient (Wildman–Crippen LogP) is 3.82. The van der Waals surface area contributed by atoms with Crippen molar-refractivity contribution in [2.24, 2.45) is 0 Å². The maximum atomic E-state index is 6.16. The van der Waals surface area contributed by atoms with Gasteiger partial charge in [-0.25, -0.2) is 0 Å². The van der Waals surface area contributed by atoms with E-state index in [-0.39, 0.29) is 0 Å². The topological polar surface area (TPSA) is 39.2 Å². The zero-order chi connectivity index (χ0) is 10.4. The van der Waals surface area contributed by atoms with Gasteiger partial charge in [-0.15, -0.1) is 0 Å². The number of para-hydroxylation sites is 1. The average molecular weight is 218 g/mol. The number of rotatable bonds is 0. The number of hydrogen-bond donors (Lipinski definition) is 1. The molecule has 0 amide bonds. The van der Waals surface area contributed by atoms with E-state index in [0.717, 1.165) is 21.9 Å². The maximum Gasteiger partial charge on any atom is 0.137 e. The normalized spacial score (nSPS) is 11.3. The Morgan fingerprint density at radius 1 is 1.00 bits per heavy atom. The van der Waals surface area contributed by atoms with Crippen molar-refractivity contribution in [2.45, 2.75) is 0 Å². The smallest absolute Gasteiger partial charge is 0.137 e. The van der Waals surface area contributed by atoms with E-state index >= 15 is 0 Å². The largest absolute Gasteiger partial charge is 0.456 e. The number of nitrogens with two attached hydrogens (primary N) is 1. The van der Waals surface area contributed by atoms with E-state index < -0.39 is 0 Å². The van der Waals surface area contributed by atoms with Gasteiger partial charge in [-0.2, -0.15) is 0 Å². The van der Waals surface area contributed by atoms with Crippen LogP contribution in [0.5, 0.6) is 0 Å². The summed E-state index contributed by atoms with van der Waals surface area (Å²) >= 11 is 6.16. The summed E-state index contributed by atoms with van der Waals surface area (Å²) in [6, 6.07) is 11.4. The van der Waals surface area contributed by atoms with Crippen LogP contribution >= 0.6 is 11.6 Å². The fourth-order valence-electron chi connectivity index (χ4n) is 1.79. The lowest BCUT2D eigenvalue weighted by Crippen LogP contribution is -1.84. The van der Waals surface area contributed by atoms with Crippen LogP contribution in [0.4, 0.5) is 5.69 Å². The van der Waals surface area contributed by atoms with Gasteiger partial charge in [0.05, 0.1) is 10.7 Å². The molecule has 1 heterocycles. The molecule has 3 aromatic rings. The first-order chi connectivity index (χ1) is 7.27. The van der Waals surface area contributed by atoms with Crippen molar-refractivity contribution in [2.75, 3.05) is 5.73 Å². The molecule has 0 unspecified atom stereocenters. The third-order valence-electron chi connectivity index (χ3n) is 2.51. The van der Waals surface area contributed by atoms with Gasteiger partial charge in [-0.1, -0.05) is 29.8 Å². The molecule has 0 saturated carbocycles. The van der Waals surface area contributed by atoms with Crippen molar-refractivity contribution in [3.63, 3.8) is 0 Å². The average Bonchev–Trinajstić information content (AvgIpc) is 2.62.